The van der Waals surface area contributed by atoms with E-state index in [0.717, 1.165) is 12.4 Å². The lowest BCUT2D eigenvalue weighted by Crippen LogP contribution is -2.01. The van der Waals surface area contributed by atoms with Crippen LogP contribution in [0.4, 0.5) is 4.39 Å². The maximum absolute atomic E-state index is 12.6. The van der Waals surface area contributed by atoms with Gasteiger partial charge in [-0.2, -0.15) is 0 Å². The maximum atomic E-state index is 12.6. The molecule has 0 aliphatic carbocycles. The Morgan fingerprint density at radius 1 is 1.33 bits per heavy atom. The van der Waals surface area contributed by atoms with E-state index in [1.54, 1.807) is 0 Å². The fraction of sp³-hybridized carbons (Fsp3) is 0. The van der Waals surface area contributed by atoms with Crippen LogP contribution in [0.2, 0.25) is 5.02 Å². The molecule has 0 saturated carbocycles. The lowest BCUT2D eigenvalue weighted by Gasteiger charge is -2.06. The molecule has 1 aromatic heterocycles. The molecule has 0 aliphatic rings. The van der Waals surface area contributed by atoms with E-state index in [4.69, 9.17) is 21.4 Å². The Morgan fingerprint density at radius 3 is 2.61 bits per heavy atom. The molecule has 0 saturated heterocycles. The summed E-state index contributed by atoms with van der Waals surface area (Å²) in [6.45, 7) is 0. The average molecular weight is 269 g/mol. The average Bonchev–Trinajstić information content (AvgIpc) is 2.34. The molecule has 0 radical (unpaired) electrons. The molecule has 1 heterocycles. The van der Waals surface area contributed by atoms with Gasteiger partial charge in [0.05, 0.1) is 12.4 Å². The fourth-order valence-corrected chi connectivity index (χ4v) is 1.38. The quantitative estimate of drug-likeness (QED) is 0.927. The van der Waals surface area contributed by atoms with Crippen LogP contribution in [0, 0.1) is 5.82 Å². The summed E-state index contributed by atoms with van der Waals surface area (Å²) in [7, 11) is 0. The van der Waals surface area contributed by atoms with E-state index in [9.17, 15) is 9.18 Å². The van der Waals surface area contributed by atoms with Gasteiger partial charge in [0.2, 0.25) is 0 Å². The summed E-state index contributed by atoms with van der Waals surface area (Å²) in [5, 5.41) is 9.24. The van der Waals surface area contributed by atoms with Crippen molar-refractivity contribution in [1.82, 2.24) is 9.97 Å². The third kappa shape index (κ3) is 2.72. The number of carbonyl (C=O) groups is 1. The highest BCUT2D eigenvalue weighted by atomic mass is 35.5. The molecule has 1 N–H and O–H groups in total. The minimum atomic E-state index is -1.20. The van der Waals surface area contributed by atoms with Gasteiger partial charge in [-0.05, 0) is 18.2 Å². The van der Waals surface area contributed by atoms with Crippen molar-refractivity contribution in [3.63, 3.8) is 0 Å². The van der Waals surface area contributed by atoms with Gasteiger partial charge >= 0.3 is 12.0 Å². The van der Waals surface area contributed by atoms with Crippen molar-refractivity contribution in [1.29, 1.82) is 0 Å². The first kappa shape index (κ1) is 12.3. The molecular formula is C11H6ClFN2O3. The van der Waals surface area contributed by atoms with E-state index in [-0.39, 0.29) is 22.3 Å². The van der Waals surface area contributed by atoms with E-state index in [1.165, 1.54) is 18.2 Å². The number of rotatable bonds is 3. The van der Waals surface area contributed by atoms with E-state index in [0.29, 0.717) is 0 Å². The fourth-order valence-electron chi connectivity index (χ4n) is 1.21. The van der Waals surface area contributed by atoms with Gasteiger partial charge in [-0.15, -0.1) is 0 Å². The van der Waals surface area contributed by atoms with Gasteiger partial charge < -0.3 is 9.84 Å². The van der Waals surface area contributed by atoms with Gasteiger partial charge in [0, 0.05) is 5.02 Å². The van der Waals surface area contributed by atoms with Crippen LogP contribution in [-0.2, 0) is 0 Å². The first-order chi connectivity index (χ1) is 8.56. The summed E-state index contributed by atoms with van der Waals surface area (Å²) < 4.78 is 17.7. The third-order valence-corrected chi connectivity index (χ3v) is 2.21. The minimum absolute atomic E-state index is 0.0264. The number of carboxylic acid groups (broad SMARTS) is 1. The second kappa shape index (κ2) is 4.97. The van der Waals surface area contributed by atoms with Crippen molar-refractivity contribution in [2.24, 2.45) is 0 Å². The van der Waals surface area contributed by atoms with Crippen molar-refractivity contribution in [3.05, 3.63) is 47.0 Å². The van der Waals surface area contributed by atoms with Crippen molar-refractivity contribution in [2.75, 3.05) is 0 Å². The molecule has 92 valence electrons. The minimum Gasteiger partial charge on any atom is -0.478 e. The number of benzene rings is 1. The first-order valence-corrected chi connectivity index (χ1v) is 5.12. The van der Waals surface area contributed by atoms with Crippen LogP contribution < -0.4 is 4.74 Å². The Balaban J connectivity index is 2.34. The van der Waals surface area contributed by atoms with Crippen molar-refractivity contribution >= 4 is 17.6 Å². The molecule has 0 atom stereocenters. The zero-order valence-electron chi connectivity index (χ0n) is 8.80. The molecule has 5 nitrogen and oxygen atoms in total. The van der Waals surface area contributed by atoms with Gasteiger partial charge in [-0.25, -0.2) is 19.2 Å². The number of carboxylic acids is 1. The standard InChI is InChI=1S/C11H6ClFN2O3/c12-6-1-2-9(8(3-6)10(16)17)18-11-14-4-7(13)5-15-11/h1-5H,(H,16,17). The number of nitrogens with zero attached hydrogens (tertiary/aromatic N) is 2. The van der Waals surface area contributed by atoms with Crippen LogP contribution in [0.15, 0.2) is 30.6 Å². The molecule has 2 aromatic rings. The molecule has 0 unspecified atom stereocenters. The molecule has 0 aliphatic heterocycles. The third-order valence-electron chi connectivity index (χ3n) is 1.97. The highest BCUT2D eigenvalue weighted by Gasteiger charge is 2.13. The van der Waals surface area contributed by atoms with Crippen molar-refractivity contribution in [2.45, 2.75) is 0 Å². The van der Waals surface area contributed by atoms with Crippen LogP contribution >= 0.6 is 11.6 Å². The molecule has 0 bridgehead atoms. The Bertz CT molecular complexity index is 589. The zero-order valence-corrected chi connectivity index (χ0v) is 9.56. The molecule has 0 spiro atoms. The Hall–Kier alpha value is -2.21. The van der Waals surface area contributed by atoms with E-state index in [1.807, 2.05) is 0 Å². The van der Waals surface area contributed by atoms with Crippen LogP contribution in [0.1, 0.15) is 10.4 Å². The molecule has 0 fully saturated rings. The predicted molar refractivity (Wildman–Crippen MR) is 60.5 cm³/mol. The lowest BCUT2D eigenvalue weighted by atomic mass is 10.2. The van der Waals surface area contributed by atoms with Crippen LogP contribution in [0.25, 0.3) is 0 Å². The summed E-state index contributed by atoms with van der Waals surface area (Å²) >= 11 is 5.68. The van der Waals surface area contributed by atoms with Crippen LogP contribution in [0.3, 0.4) is 0 Å². The molecule has 7 heteroatoms. The first-order valence-electron chi connectivity index (χ1n) is 4.74. The van der Waals surface area contributed by atoms with Gasteiger partial charge in [0.15, 0.2) is 5.82 Å². The smallest absolute Gasteiger partial charge is 0.339 e. The number of halogens is 2. The number of hydrogen-bond donors (Lipinski definition) is 1. The molecule has 2 rings (SSSR count). The number of ether oxygens (including phenoxy) is 1. The normalized spacial score (nSPS) is 10.1. The number of aromatic nitrogens is 2. The second-order valence-corrected chi connectivity index (χ2v) is 3.67. The van der Waals surface area contributed by atoms with Crippen LogP contribution in [0.5, 0.6) is 11.8 Å². The highest BCUT2D eigenvalue weighted by Crippen LogP contribution is 2.26. The van der Waals surface area contributed by atoms with E-state index >= 15 is 0 Å². The maximum Gasteiger partial charge on any atom is 0.339 e. The highest BCUT2D eigenvalue weighted by molar-refractivity contribution is 6.31. The largest absolute Gasteiger partial charge is 0.478 e. The van der Waals surface area contributed by atoms with Gasteiger partial charge in [-0.3, -0.25) is 0 Å². The predicted octanol–water partition coefficient (Wildman–Crippen LogP) is 2.76. The summed E-state index contributed by atoms with van der Waals surface area (Å²) in [6.07, 6.45) is 1.83. The monoisotopic (exact) mass is 268 g/mol. The summed E-state index contributed by atoms with van der Waals surface area (Å²) in [5.74, 6) is -1.79. The Kier molecular flexibility index (Phi) is 3.38. The van der Waals surface area contributed by atoms with Crippen molar-refractivity contribution in [3.8, 4) is 11.8 Å². The Morgan fingerprint density at radius 2 is 2.00 bits per heavy atom. The summed E-state index contributed by atoms with van der Waals surface area (Å²) in [4.78, 5) is 18.1. The SMILES string of the molecule is O=C(O)c1cc(Cl)ccc1Oc1ncc(F)cn1. The molecule has 1 aromatic carbocycles. The van der Waals surface area contributed by atoms with Crippen molar-refractivity contribution < 1.29 is 19.0 Å². The van der Waals surface area contributed by atoms with Gasteiger partial charge in [-0.1, -0.05) is 11.6 Å². The topological polar surface area (TPSA) is 72.3 Å². The van der Waals surface area contributed by atoms with Gasteiger partial charge in [0.1, 0.15) is 11.3 Å². The van der Waals surface area contributed by atoms with E-state index in [2.05, 4.69) is 9.97 Å². The summed E-state index contributed by atoms with van der Waals surface area (Å²) in [5.41, 5.74) is -0.129. The second-order valence-electron chi connectivity index (χ2n) is 3.23. The van der Waals surface area contributed by atoms with Gasteiger partial charge in [0.25, 0.3) is 0 Å². The van der Waals surface area contributed by atoms with E-state index < -0.39 is 11.8 Å². The Labute approximate surface area is 106 Å². The molecular weight excluding hydrogens is 263 g/mol. The number of aromatic carboxylic acids is 1. The molecule has 18 heavy (non-hydrogen) atoms. The summed E-state index contributed by atoms with van der Waals surface area (Å²) in [6, 6.07) is 3.93. The van der Waals surface area contributed by atoms with Crippen LogP contribution in [-0.4, -0.2) is 21.0 Å². The zero-order chi connectivity index (χ0) is 13.1. The number of hydrogen-bond acceptors (Lipinski definition) is 4. The lowest BCUT2D eigenvalue weighted by molar-refractivity contribution is 0.0694. The molecule has 0 amide bonds.